The lowest BCUT2D eigenvalue weighted by atomic mass is 9.71. The van der Waals surface area contributed by atoms with Crippen molar-refractivity contribution in [2.75, 3.05) is 19.7 Å². The zero-order valence-corrected chi connectivity index (χ0v) is 15.3. The molecule has 24 heavy (non-hydrogen) atoms. The van der Waals surface area contributed by atoms with Gasteiger partial charge in [-0.05, 0) is 31.2 Å². The third-order valence-electron chi connectivity index (χ3n) is 5.92. The highest BCUT2D eigenvalue weighted by molar-refractivity contribution is 7.10. The fourth-order valence-corrected chi connectivity index (χ4v) is 5.57. The second kappa shape index (κ2) is 6.43. The second-order valence-electron chi connectivity index (χ2n) is 7.56. The summed E-state index contributed by atoms with van der Waals surface area (Å²) in [5.74, 6) is -0.0932. The van der Waals surface area contributed by atoms with E-state index in [-0.39, 0.29) is 11.5 Å². The van der Waals surface area contributed by atoms with Crippen molar-refractivity contribution in [3.8, 4) is 0 Å². The van der Waals surface area contributed by atoms with Gasteiger partial charge in [-0.2, -0.15) is 0 Å². The van der Waals surface area contributed by atoms with Gasteiger partial charge in [0, 0.05) is 30.8 Å². The van der Waals surface area contributed by atoms with Crippen LogP contribution in [0.25, 0.3) is 0 Å². The molecule has 4 nitrogen and oxygen atoms in total. The number of carbonyl (C=O) groups excluding carboxylic acids is 1. The monoisotopic (exact) mass is 349 g/mol. The molecule has 5 heteroatoms. The number of hydrogen-bond donors (Lipinski definition) is 0. The van der Waals surface area contributed by atoms with Crippen LogP contribution in [0.4, 0.5) is 0 Å². The van der Waals surface area contributed by atoms with Crippen LogP contribution in [-0.4, -0.2) is 42.4 Å². The van der Waals surface area contributed by atoms with Gasteiger partial charge in [0.25, 0.3) is 0 Å². The summed E-state index contributed by atoms with van der Waals surface area (Å²) in [6.45, 7) is 4.23. The van der Waals surface area contributed by atoms with Gasteiger partial charge in [0.1, 0.15) is 0 Å². The van der Waals surface area contributed by atoms with Gasteiger partial charge in [-0.1, -0.05) is 25.3 Å². The third kappa shape index (κ3) is 2.80. The summed E-state index contributed by atoms with van der Waals surface area (Å²) in [6.07, 6.45) is 7.32. The first-order valence-electron chi connectivity index (χ1n) is 9.29. The van der Waals surface area contributed by atoms with Crippen molar-refractivity contribution < 1.29 is 14.3 Å². The van der Waals surface area contributed by atoms with E-state index in [0.29, 0.717) is 12.5 Å². The predicted octanol–water partition coefficient (Wildman–Crippen LogP) is 3.70. The number of piperidine rings is 1. The fraction of sp³-hybridized carbons (Fsp3) is 0.737. The van der Waals surface area contributed by atoms with E-state index in [9.17, 15) is 4.79 Å². The molecule has 3 fully saturated rings. The third-order valence-corrected chi connectivity index (χ3v) is 6.99. The van der Waals surface area contributed by atoms with Crippen LogP contribution in [0, 0.1) is 0 Å². The SMILES string of the molecule is C[C@H]1COC2(CCN(C(=O)C3(c4cccs4)CCCCC3)CC2)O1. The normalized spacial score (nSPS) is 29.0. The molecule has 1 spiro atoms. The molecule has 132 valence electrons. The number of rotatable bonds is 2. The Bertz CT molecular complexity index is 571. The van der Waals surface area contributed by atoms with Crippen molar-refractivity contribution in [2.45, 2.75) is 69.2 Å². The van der Waals surface area contributed by atoms with E-state index in [4.69, 9.17) is 9.47 Å². The van der Waals surface area contributed by atoms with Crippen LogP contribution < -0.4 is 0 Å². The second-order valence-corrected chi connectivity index (χ2v) is 8.51. The number of likely N-dealkylation sites (tertiary alicyclic amines) is 1. The van der Waals surface area contributed by atoms with Gasteiger partial charge in [0.2, 0.25) is 5.91 Å². The molecule has 2 aliphatic heterocycles. The Kier molecular flexibility index (Phi) is 4.43. The molecule has 0 aromatic carbocycles. The molecule has 1 aliphatic carbocycles. The Morgan fingerprint density at radius 3 is 2.54 bits per heavy atom. The predicted molar refractivity (Wildman–Crippen MR) is 94.1 cm³/mol. The number of carbonyl (C=O) groups is 1. The van der Waals surface area contributed by atoms with Crippen LogP contribution in [0.15, 0.2) is 17.5 Å². The first kappa shape index (κ1) is 16.6. The first-order chi connectivity index (χ1) is 11.6. The van der Waals surface area contributed by atoms with Gasteiger partial charge in [-0.3, -0.25) is 4.79 Å². The summed E-state index contributed by atoms with van der Waals surface area (Å²) in [4.78, 5) is 16.8. The van der Waals surface area contributed by atoms with Gasteiger partial charge in [0.05, 0.1) is 18.1 Å². The molecule has 0 unspecified atom stereocenters. The molecule has 1 amide bonds. The van der Waals surface area contributed by atoms with Crippen LogP contribution in [0.3, 0.4) is 0 Å². The van der Waals surface area contributed by atoms with Crippen LogP contribution >= 0.6 is 11.3 Å². The summed E-state index contributed by atoms with van der Waals surface area (Å²) < 4.78 is 11.9. The molecule has 1 aromatic rings. The number of ether oxygens (including phenoxy) is 2. The quantitative estimate of drug-likeness (QED) is 0.817. The Morgan fingerprint density at radius 1 is 1.21 bits per heavy atom. The van der Waals surface area contributed by atoms with Crippen molar-refractivity contribution in [2.24, 2.45) is 0 Å². The molecular formula is C19H27NO3S. The van der Waals surface area contributed by atoms with E-state index in [1.54, 1.807) is 11.3 Å². The molecule has 3 heterocycles. The van der Waals surface area contributed by atoms with Gasteiger partial charge < -0.3 is 14.4 Å². The average Bonchev–Trinajstić information content (AvgIpc) is 3.27. The van der Waals surface area contributed by atoms with Crippen molar-refractivity contribution in [3.05, 3.63) is 22.4 Å². The van der Waals surface area contributed by atoms with Crippen LogP contribution in [-0.2, 0) is 19.7 Å². The summed E-state index contributed by atoms with van der Waals surface area (Å²) in [5, 5.41) is 2.10. The van der Waals surface area contributed by atoms with Gasteiger partial charge in [-0.25, -0.2) is 0 Å². The van der Waals surface area contributed by atoms with Crippen molar-refractivity contribution >= 4 is 17.2 Å². The molecule has 0 bridgehead atoms. The lowest BCUT2D eigenvalue weighted by molar-refractivity contribution is -0.196. The summed E-state index contributed by atoms with van der Waals surface area (Å²) in [7, 11) is 0. The fourth-order valence-electron chi connectivity index (χ4n) is 4.59. The van der Waals surface area contributed by atoms with E-state index in [0.717, 1.165) is 51.6 Å². The highest BCUT2D eigenvalue weighted by Crippen LogP contribution is 2.44. The topological polar surface area (TPSA) is 38.8 Å². The Hall–Kier alpha value is -0.910. The number of amides is 1. The summed E-state index contributed by atoms with van der Waals surface area (Å²) in [6, 6.07) is 4.24. The minimum Gasteiger partial charge on any atom is -0.347 e. The maximum Gasteiger partial charge on any atom is 0.234 e. The Labute approximate surface area is 148 Å². The van der Waals surface area contributed by atoms with E-state index in [2.05, 4.69) is 29.3 Å². The Balaban J connectivity index is 1.50. The molecule has 0 radical (unpaired) electrons. The molecule has 1 saturated carbocycles. The lowest BCUT2D eigenvalue weighted by Gasteiger charge is -2.43. The van der Waals surface area contributed by atoms with Crippen LogP contribution in [0.2, 0.25) is 0 Å². The zero-order chi connectivity index (χ0) is 16.6. The minimum atomic E-state index is -0.432. The number of hydrogen-bond acceptors (Lipinski definition) is 4. The van der Waals surface area contributed by atoms with E-state index in [1.807, 2.05) is 0 Å². The Morgan fingerprint density at radius 2 is 1.96 bits per heavy atom. The smallest absolute Gasteiger partial charge is 0.234 e. The number of nitrogens with zero attached hydrogens (tertiary/aromatic N) is 1. The average molecular weight is 349 g/mol. The van der Waals surface area contributed by atoms with Crippen molar-refractivity contribution in [1.29, 1.82) is 0 Å². The maximum atomic E-state index is 13.5. The highest BCUT2D eigenvalue weighted by Gasteiger charge is 2.48. The minimum absolute atomic E-state index is 0.169. The molecule has 3 aliphatic rings. The summed E-state index contributed by atoms with van der Waals surface area (Å²) >= 11 is 1.74. The molecule has 1 atom stereocenters. The number of thiophene rings is 1. The van der Waals surface area contributed by atoms with Gasteiger partial charge in [-0.15, -0.1) is 11.3 Å². The molecular weight excluding hydrogens is 322 g/mol. The van der Waals surface area contributed by atoms with Gasteiger partial charge in [0.15, 0.2) is 5.79 Å². The zero-order valence-electron chi connectivity index (χ0n) is 14.5. The van der Waals surface area contributed by atoms with Crippen LogP contribution in [0.5, 0.6) is 0 Å². The van der Waals surface area contributed by atoms with Crippen molar-refractivity contribution in [1.82, 2.24) is 4.90 Å². The maximum absolute atomic E-state index is 13.5. The van der Waals surface area contributed by atoms with E-state index < -0.39 is 5.79 Å². The van der Waals surface area contributed by atoms with E-state index in [1.165, 1.54) is 11.3 Å². The van der Waals surface area contributed by atoms with Crippen molar-refractivity contribution in [3.63, 3.8) is 0 Å². The highest BCUT2D eigenvalue weighted by atomic mass is 32.1. The standard InChI is InChI=1S/C19H27NO3S/c1-15-14-22-19(23-15)9-11-20(12-10-19)17(21)18(7-3-2-4-8-18)16-6-5-13-24-16/h5-6,13,15H,2-4,7-12,14H2,1H3/t15-/m0/s1. The molecule has 4 rings (SSSR count). The molecule has 0 N–H and O–H groups in total. The molecule has 2 saturated heterocycles. The first-order valence-corrected chi connectivity index (χ1v) is 10.2. The van der Waals surface area contributed by atoms with E-state index >= 15 is 0 Å². The largest absolute Gasteiger partial charge is 0.347 e. The lowest BCUT2D eigenvalue weighted by Crippen LogP contribution is -2.53. The van der Waals surface area contributed by atoms with Crippen LogP contribution in [0.1, 0.15) is 56.7 Å². The van der Waals surface area contributed by atoms with Gasteiger partial charge >= 0.3 is 0 Å². The summed E-state index contributed by atoms with van der Waals surface area (Å²) in [5.41, 5.74) is -0.276. The molecule has 1 aromatic heterocycles.